The Morgan fingerprint density at radius 2 is 0.904 bits per heavy atom. The van der Waals surface area contributed by atoms with Crippen molar-refractivity contribution in [2.45, 2.75) is 58.3 Å². The molecule has 252 valence electrons. The second-order valence-electron chi connectivity index (χ2n) is 16.5. The number of fused-ring (bicyclic) bond motifs is 12. The van der Waals surface area contributed by atoms with E-state index in [1.807, 2.05) is 0 Å². The van der Waals surface area contributed by atoms with Gasteiger partial charge >= 0.3 is 0 Å². The molecular weight excluding hydrogens is 627 g/mol. The zero-order valence-electron chi connectivity index (χ0n) is 30.9. The fourth-order valence-electron chi connectivity index (χ4n) is 9.41. The number of hydrogen-bond acceptors (Lipinski definition) is 1. The Kier molecular flexibility index (Phi) is 6.53. The molecule has 0 saturated heterocycles. The summed E-state index contributed by atoms with van der Waals surface area (Å²) in [5.74, 6) is 0.525. The summed E-state index contributed by atoms with van der Waals surface area (Å²) in [6.07, 6.45) is 0. The molecule has 0 unspecified atom stereocenters. The van der Waals surface area contributed by atoms with Gasteiger partial charge in [-0.05, 0) is 154 Å². The van der Waals surface area contributed by atoms with E-state index < -0.39 is 0 Å². The summed E-state index contributed by atoms with van der Waals surface area (Å²) < 4.78 is 0. The molecule has 8 aromatic carbocycles. The van der Waals surface area contributed by atoms with Gasteiger partial charge in [0.25, 0.3) is 0 Å². The van der Waals surface area contributed by atoms with Gasteiger partial charge in [-0.1, -0.05) is 126 Å². The van der Waals surface area contributed by atoms with Gasteiger partial charge in [0.2, 0.25) is 0 Å². The molecule has 0 bridgehead atoms. The lowest BCUT2D eigenvalue weighted by Crippen LogP contribution is -2.17. The number of anilines is 2. The smallest absolute Gasteiger partial charge is 0.0387 e. The topological polar surface area (TPSA) is 12.0 Å². The van der Waals surface area contributed by atoms with Crippen molar-refractivity contribution in [1.29, 1.82) is 0 Å². The highest BCUT2D eigenvalue weighted by molar-refractivity contribution is 6.26. The summed E-state index contributed by atoms with van der Waals surface area (Å²) in [6.45, 7) is 14.1. The molecule has 0 atom stereocenters. The molecule has 1 nitrogen and oxygen atoms in total. The normalized spacial score (nSPS) is 14.8. The van der Waals surface area contributed by atoms with Crippen molar-refractivity contribution < 1.29 is 0 Å². The van der Waals surface area contributed by atoms with Gasteiger partial charge < -0.3 is 5.32 Å². The summed E-state index contributed by atoms with van der Waals surface area (Å²) in [5.41, 5.74) is 17.0. The second-order valence-corrected chi connectivity index (χ2v) is 16.5. The van der Waals surface area contributed by atoms with Gasteiger partial charge in [-0.15, -0.1) is 0 Å². The van der Waals surface area contributed by atoms with Crippen LogP contribution in [0.4, 0.5) is 11.4 Å². The third-order valence-corrected chi connectivity index (χ3v) is 12.4. The van der Waals surface area contributed by atoms with Gasteiger partial charge in [-0.3, -0.25) is 0 Å². The summed E-state index contributed by atoms with van der Waals surface area (Å²) in [7, 11) is 0. The lowest BCUT2D eigenvalue weighted by molar-refractivity contribution is 0.652. The highest BCUT2D eigenvalue weighted by atomic mass is 14.9. The summed E-state index contributed by atoms with van der Waals surface area (Å²) in [4.78, 5) is 0. The van der Waals surface area contributed by atoms with Crippen LogP contribution in [0.3, 0.4) is 0 Å². The first-order chi connectivity index (χ1) is 25.1. The Bertz CT molecular complexity index is 2760. The molecule has 1 N–H and O–H groups in total. The van der Waals surface area contributed by atoms with E-state index in [9.17, 15) is 0 Å². The molecule has 0 aromatic heterocycles. The molecule has 0 amide bonds. The van der Waals surface area contributed by atoms with E-state index in [1.165, 1.54) is 93.5 Å². The molecule has 2 aliphatic rings. The quantitative estimate of drug-likeness (QED) is 0.184. The van der Waals surface area contributed by atoms with Crippen LogP contribution >= 0.6 is 0 Å². The Labute approximate surface area is 307 Å². The van der Waals surface area contributed by atoms with Crippen LogP contribution in [0.1, 0.15) is 75.3 Å². The molecular formula is C51H43N. The average molecular weight is 670 g/mol. The number of nitrogens with one attached hydrogen (secondary N) is 1. The molecule has 10 rings (SSSR count). The molecule has 52 heavy (non-hydrogen) atoms. The van der Waals surface area contributed by atoms with Gasteiger partial charge in [-0.2, -0.15) is 0 Å². The zero-order valence-corrected chi connectivity index (χ0v) is 30.9. The second kappa shape index (κ2) is 10.9. The Morgan fingerprint density at radius 3 is 1.60 bits per heavy atom. The molecule has 0 heterocycles. The lowest BCUT2D eigenvalue weighted by atomic mass is 9.79. The van der Waals surface area contributed by atoms with Crippen LogP contribution < -0.4 is 5.32 Å². The lowest BCUT2D eigenvalue weighted by Gasteiger charge is -2.24. The minimum absolute atomic E-state index is 0.129. The van der Waals surface area contributed by atoms with Crippen LogP contribution in [0.25, 0.3) is 65.7 Å². The van der Waals surface area contributed by atoms with Crippen molar-refractivity contribution in [3.8, 4) is 33.4 Å². The van der Waals surface area contributed by atoms with Crippen LogP contribution in [0, 0.1) is 0 Å². The van der Waals surface area contributed by atoms with Crippen molar-refractivity contribution in [2.75, 3.05) is 5.32 Å². The van der Waals surface area contributed by atoms with Gasteiger partial charge in [0.05, 0.1) is 0 Å². The van der Waals surface area contributed by atoms with Crippen molar-refractivity contribution >= 4 is 43.7 Å². The van der Waals surface area contributed by atoms with E-state index in [-0.39, 0.29) is 10.8 Å². The number of benzene rings is 8. The maximum absolute atomic E-state index is 3.69. The highest BCUT2D eigenvalue weighted by Gasteiger charge is 2.42. The Hall–Kier alpha value is -5.66. The molecule has 8 aromatic rings. The van der Waals surface area contributed by atoms with E-state index in [0.29, 0.717) is 5.92 Å². The van der Waals surface area contributed by atoms with E-state index in [0.717, 1.165) is 11.4 Å². The Balaban J connectivity index is 1.14. The first-order valence-electron chi connectivity index (χ1n) is 18.8. The third-order valence-electron chi connectivity index (χ3n) is 12.4. The Morgan fingerprint density at radius 1 is 0.385 bits per heavy atom. The van der Waals surface area contributed by atoms with Crippen LogP contribution in [-0.2, 0) is 10.8 Å². The zero-order chi connectivity index (χ0) is 35.5. The summed E-state index contributed by atoms with van der Waals surface area (Å²) >= 11 is 0. The first-order valence-corrected chi connectivity index (χ1v) is 18.8. The van der Waals surface area contributed by atoms with E-state index in [4.69, 9.17) is 0 Å². The molecule has 0 saturated carbocycles. The van der Waals surface area contributed by atoms with Gasteiger partial charge in [0.15, 0.2) is 0 Å². The third kappa shape index (κ3) is 4.42. The average Bonchev–Trinajstić information content (AvgIpc) is 3.52. The maximum Gasteiger partial charge on any atom is 0.0387 e. The molecule has 1 heteroatoms. The largest absolute Gasteiger partial charge is 0.356 e. The van der Waals surface area contributed by atoms with Crippen LogP contribution in [0.2, 0.25) is 0 Å². The minimum Gasteiger partial charge on any atom is -0.356 e. The maximum atomic E-state index is 3.69. The van der Waals surface area contributed by atoms with Gasteiger partial charge in [0, 0.05) is 22.2 Å². The van der Waals surface area contributed by atoms with Crippen molar-refractivity contribution in [2.24, 2.45) is 0 Å². The first kappa shape index (κ1) is 31.1. The molecule has 2 aliphatic carbocycles. The summed E-state index contributed by atoms with van der Waals surface area (Å²) in [5, 5.41) is 11.6. The van der Waals surface area contributed by atoms with Crippen LogP contribution in [0.15, 0.2) is 140 Å². The monoisotopic (exact) mass is 669 g/mol. The molecule has 0 aliphatic heterocycles. The van der Waals surface area contributed by atoms with Crippen LogP contribution in [-0.4, -0.2) is 0 Å². The number of hydrogen-bond donors (Lipinski definition) is 1. The minimum atomic E-state index is -0.133. The molecule has 0 radical (unpaired) electrons. The van der Waals surface area contributed by atoms with E-state index in [1.54, 1.807) is 0 Å². The molecule has 0 spiro atoms. The SMILES string of the molecule is CC(C)c1ccc(Nc2ccc3c(c2)C(C)(C)c2cc4c(cc2-3)C(C)(C)c2cc3c5ccccc5c5ccc(-c6ccccc6)cc5c3cc2-4)cc1. The highest BCUT2D eigenvalue weighted by Crippen LogP contribution is 2.57. The van der Waals surface area contributed by atoms with Crippen molar-refractivity contribution in [3.63, 3.8) is 0 Å². The predicted octanol–water partition coefficient (Wildman–Crippen LogP) is 14.3. The fraction of sp³-hybridized carbons (Fsp3) is 0.176. The van der Waals surface area contributed by atoms with E-state index in [2.05, 4.69) is 186 Å². The van der Waals surface area contributed by atoms with Crippen molar-refractivity contribution in [3.05, 3.63) is 167 Å². The number of rotatable bonds is 4. The van der Waals surface area contributed by atoms with Gasteiger partial charge in [0.1, 0.15) is 0 Å². The van der Waals surface area contributed by atoms with E-state index >= 15 is 0 Å². The molecule has 0 fully saturated rings. The van der Waals surface area contributed by atoms with Crippen LogP contribution in [0.5, 0.6) is 0 Å². The fourth-order valence-corrected chi connectivity index (χ4v) is 9.41. The standard InChI is InChI=1S/C51H43N/c1-30(2)31-16-19-34(20-17-31)52-35-21-23-39-44-28-49-45(29-48(44)50(3,4)46(39)25-35)43-26-41-40-24-33(32-12-8-7-9-13-32)18-22-38(40)36-14-10-11-15-37(36)42(41)27-47(43)51(49,5)6/h7-30,52H,1-6H3. The van der Waals surface area contributed by atoms with Crippen molar-refractivity contribution in [1.82, 2.24) is 0 Å². The van der Waals surface area contributed by atoms with Gasteiger partial charge in [-0.25, -0.2) is 0 Å². The summed E-state index contributed by atoms with van der Waals surface area (Å²) in [6, 6.07) is 52.7. The predicted molar refractivity (Wildman–Crippen MR) is 223 cm³/mol.